The average molecular weight is 552 g/mol. The van der Waals surface area contributed by atoms with Gasteiger partial charge in [0.1, 0.15) is 5.69 Å². The van der Waals surface area contributed by atoms with E-state index in [1.165, 1.54) is 4.57 Å². The summed E-state index contributed by atoms with van der Waals surface area (Å²) in [7, 11) is 0. The molecule has 4 heterocycles. The smallest absolute Gasteiger partial charge is 0.328 e. The molecular formula is C29H22ClN7O3. The van der Waals surface area contributed by atoms with Crippen LogP contribution in [-0.4, -0.2) is 46.7 Å². The Hall–Kier alpha value is -5.27. The van der Waals surface area contributed by atoms with Crippen molar-refractivity contribution in [3.8, 4) is 17.7 Å². The quantitative estimate of drug-likeness (QED) is 0.235. The minimum atomic E-state index is -0.459. The lowest BCUT2D eigenvalue weighted by atomic mass is 10.1. The van der Waals surface area contributed by atoms with Crippen molar-refractivity contribution in [1.29, 1.82) is 0 Å². The fraction of sp³-hybridized carbons (Fsp3) is 0.103. The normalized spacial score (nSPS) is 11.0. The molecule has 6 aromatic rings. The standard InChI is InChI=1S/C29H22ClN7O3/c30-23-7-2-6-22-20(16-33-26(22)23)15-24-28(39)36(29(40)35-24)13-12-31-27(38)19-5-1-4-18(14-19)9-10-21-17-32-25-8-3-11-34-37(21)25/h1-8,11,14,16-17,33,39H,12-13,15H2,(H,31,38)(H,35,40). The minimum Gasteiger partial charge on any atom is -0.493 e. The van der Waals surface area contributed by atoms with Crippen molar-refractivity contribution in [2.45, 2.75) is 13.0 Å². The van der Waals surface area contributed by atoms with E-state index in [0.717, 1.165) is 16.5 Å². The molecule has 198 valence electrons. The number of aromatic hydroxyl groups is 1. The van der Waals surface area contributed by atoms with Crippen LogP contribution in [0.1, 0.15) is 32.9 Å². The van der Waals surface area contributed by atoms with E-state index in [-0.39, 0.29) is 24.9 Å². The van der Waals surface area contributed by atoms with Gasteiger partial charge in [-0.1, -0.05) is 35.7 Å². The summed E-state index contributed by atoms with van der Waals surface area (Å²) in [5.41, 5.74) is 4.01. The molecule has 0 spiro atoms. The van der Waals surface area contributed by atoms with Gasteiger partial charge in [-0.25, -0.2) is 14.3 Å². The molecule has 4 N–H and O–H groups in total. The minimum absolute atomic E-state index is 0.0907. The topological polar surface area (TPSA) is 133 Å². The molecule has 0 atom stereocenters. The summed E-state index contributed by atoms with van der Waals surface area (Å²) in [4.78, 5) is 35.4. The second-order valence-corrected chi connectivity index (χ2v) is 9.47. The van der Waals surface area contributed by atoms with Gasteiger partial charge in [0.05, 0.1) is 22.4 Å². The SMILES string of the molecule is O=C(NCCn1c(O)c(Cc2c[nH]c3c(Cl)cccc23)[nH]c1=O)c1cccc(C#Cc2cnc3cccnn23)c1. The molecule has 0 aliphatic rings. The van der Waals surface area contributed by atoms with Crippen LogP contribution in [0.3, 0.4) is 0 Å². The van der Waals surface area contributed by atoms with Gasteiger partial charge >= 0.3 is 5.69 Å². The fourth-order valence-electron chi connectivity index (χ4n) is 4.53. The third kappa shape index (κ3) is 4.81. The second-order valence-electron chi connectivity index (χ2n) is 9.06. The Morgan fingerprint density at radius 2 is 2.00 bits per heavy atom. The Bertz CT molecular complexity index is 2000. The Kier molecular flexibility index (Phi) is 6.56. The summed E-state index contributed by atoms with van der Waals surface area (Å²) in [6.45, 7) is 0.225. The third-order valence-electron chi connectivity index (χ3n) is 6.50. The van der Waals surface area contributed by atoms with Gasteiger partial charge in [-0.2, -0.15) is 5.10 Å². The van der Waals surface area contributed by atoms with E-state index >= 15 is 0 Å². The molecule has 0 unspecified atom stereocenters. The molecule has 1 amide bonds. The Morgan fingerprint density at radius 1 is 1.12 bits per heavy atom. The Balaban J connectivity index is 1.11. The van der Waals surface area contributed by atoms with Crippen molar-refractivity contribution in [3.63, 3.8) is 0 Å². The van der Waals surface area contributed by atoms with Crippen molar-refractivity contribution in [1.82, 2.24) is 34.4 Å². The van der Waals surface area contributed by atoms with Gasteiger partial charge in [0.15, 0.2) is 5.65 Å². The number of fused-ring (bicyclic) bond motifs is 2. The van der Waals surface area contributed by atoms with Crippen LogP contribution < -0.4 is 11.0 Å². The first kappa shape index (κ1) is 25.0. The molecule has 0 aliphatic carbocycles. The number of H-pyrrole nitrogens is 2. The van der Waals surface area contributed by atoms with Gasteiger partial charge in [0.2, 0.25) is 5.88 Å². The van der Waals surface area contributed by atoms with Gasteiger partial charge < -0.3 is 20.4 Å². The van der Waals surface area contributed by atoms with Gasteiger partial charge in [0, 0.05) is 48.4 Å². The number of aromatic amines is 2. The molecule has 40 heavy (non-hydrogen) atoms. The number of rotatable bonds is 6. The van der Waals surface area contributed by atoms with Crippen LogP contribution in [0.4, 0.5) is 0 Å². The first-order valence-corrected chi connectivity index (χ1v) is 12.8. The number of aromatic nitrogens is 6. The van der Waals surface area contributed by atoms with Gasteiger partial charge in [-0.05, 0) is 47.9 Å². The van der Waals surface area contributed by atoms with Crippen LogP contribution in [0.2, 0.25) is 5.02 Å². The number of hydrogen-bond acceptors (Lipinski definition) is 5. The summed E-state index contributed by atoms with van der Waals surface area (Å²) in [6, 6.07) is 16.1. The summed E-state index contributed by atoms with van der Waals surface area (Å²) in [5.74, 6) is 5.59. The number of imidazole rings is 2. The lowest BCUT2D eigenvalue weighted by Gasteiger charge is -2.07. The zero-order chi connectivity index (χ0) is 27.6. The zero-order valence-corrected chi connectivity index (χ0v) is 21.7. The molecule has 11 heteroatoms. The highest BCUT2D eigenvalue weighted by molar-refractivity contribution is 6.35. The number of amides is 1. The van der Waals surface area contributed by atoms with E-state index in [4.69, 9.17) is 11.6 Å². The van der Waals surface area contributed by atoms with Crippen LogP contribution in [0.15, 0.2) is 78.0 Å². The third-order valence-corrected chi connectivity index (χ3v) is 6.82. The molecule has 4 aromatic heterocycles. The molecule has 0 bridgehead atoms. The van der Waals surface area contributed by atoms with Crippen molar-refractivity contribution in [2.75, 3.05) is 6.54 Å². The lowest BCUT2D eigenvalue weighted by molar-refractivity contribution is 0.0951. The maximum absolute atomic E-state index is 12.8. The van der Waals surface area contributed by atoms with Crippen LogP contribution in [0.25, 0.3) is 16.6 Å². The van der Waals surface area contributed by atoms with Crippen molar-refractivity contribution < 1.29 is 9.90 Å². The van der Waals surface area contributed by atoms with E-state index in [2.05, 4.69) is 37.2 Å². The molecule has 0 aliphatic heterocycles. The van der Waals surface area contributed by atoms with E-state index < -0.39 is 5.69 Å². The van der Waals surface area contributed by atoms with Crippen molar-refractivity contribution in [3.05, 3.63) is 117 Å². The first-order valence-electron chi connectivity index (χ1n) is 12.4. The summed E-state index contributed by atoms with van der Waals surface area (Å²) >= 11 is 6.24. The molecule has 0 radical (unpaired) electrons. The molecule has 0 saturated heterocycles. The largest absolute Gasteiger partial charge is 0.493 e. The van der Waals surface area contributed by atoms with Gasteiger partial charge in [0.25, 0.3) is 5.91 Å². The van der Waals surface area contributed by atoms with E-state index in [9.17, 15) is 14.7 Å². The molecule has 0 saturated carbocycles. The molecule has 6 rings (SSSR count). The number of benzene rings is 2. The number of carbonyl (C=O) groups excluding carboxylic acids is 1. The van der Waals surface area contributed by atoms with Crippen LogP contribution >= 0.6 is 11.6 Å². The molecule has 10 nitrogen and oxygen atoms in total. The van der Waals surface area contributed by atoms with Crippen LogP contribution in [0, 0.1) is 11.8 Å². The second kappa shape index (κ2) is 10.5. The number of hydrogen-bond donors (Lipinski definition) is 4. The van der Waals surface area contributed by atoms with Gasteiger partial charge in [-0.15, -0.1) is 0 Å². The highest BCUT2D eigenvalue weighted by Gasteiger charge is 2.16. The molecular weight excluding hydrogens is 530 g/mol. The Labute approximate surface area is 232 Å². The number of nitrogens with one attached hydrogen (secondary N) is 3. The predicted molar refractivity (Wildman–Crippen MR) is 151 cm³/mol. The predicted octanol–water partition coefficient (Wildman–Crippen LogP) is 3.48. The Morgan fingerprint density at radius 3 is 2.90 bits per heavy atom. The first-order chi connectivity index (χ1) is 19.5. The monoisotopic (exact) mass is 551 g/mol. The number of nitrogens with zero attached hydrogens (tertiary/aromatic N) is 4. The van der Waals surface area contributed by atoms with E-state index in [1.54, 1.807) is 59.5 Å². The average Bonchev–Trinajstić information content (AvgIpc) is 3.65. The molecule has 0 fully saturated rings. The highest BCUT2D eigenvalue weighted by Crippen LogP contribution is 2.27. The van der Waals surface area contributed by atoms with E-state index in [1.807, 2.05) is 18.2 Å². The van der Waals surface area contributed by atoms with Crippen LogP contribution in [0.5, 0.6) is 5.88 Å². The number of para-hydroxylation sites is 1. The van der Waals surface area contributed by atoms with Gasteiger partial charge in [-0.3, -0.25) is 9.36 Å². The zero-order valence-electron chi connectivity index (χ0n) is 21.0. The summed E-state index contributed by atoms with van der Waals surface area (Å²) < 4.78 is 2.84. The highest BCUT2D eigenvalue weighted by atomic mass is 35.5. The summed E-state index contributed by atoms with van der Waals surface area (Å²) in [5, 5.41) is 19.3. The van der Waals surface area contributed by atoms with E-state index in [0.29, 0.717) is 39.6 Å². The number of halogens is 1. The summed E-state index contributed by atoms with van der Waals surface area (Å²) in [6.07, 6.45) is 5.41. The van der Waals surface area contributed by atoms with Crippen molar-refractivity contribution >= 4 is 34.1 Å². The lowest BCUT2D eigenvalue weighted by Crippen LogP contribution is -2.30. The maximum atomic E-state index is 12.8. The molecule has 2 aromatic carbocycles. The van der Waals surface area contributed by atoms with Crippen LogP contribution in [-0.2, 0) is 13.0 Å². The van der Waals surface area contributed by atoms with Crippen molar-refractivity contribution in [2.24, 2.45) is 0 Å². The maximum Gasteiger partial charge on any atom is 0.328 e. The number of carbonyl (C=O) groups is 1. The fourth-order valence-corrected chi connectivity index (χ4v) is 4.76.